The molecule has 2 heterocycles. The molecule has 4 nitrogen and oxygen atoms in total. The Balaban J connectivity index is 2.21. The summed E-state index contributed by atoms with van der Waals surface area (Å²) in [5, 5.41) is 3.54. The van der Waals surface area contributed by atoms with Crippen molar-refractivity contribution in [2.24, 2.45) is 0 Å². The molecule has 0 radical (unpaired) electrons. The normalized spacial score (nSPS) is 20.2. The van der Waals surface area contributed by atoms with E-state index in [0.717, 1.165) is 17.3 Å². The zero-order chi connectivity index (χ0) is 12.1. The van der Waals surface area contributed by atoms with Crippen LogP contribution in [-0.4, -0.2) is 29.9 Å². The molecule has 0 bridgehead atoms. The van der Waals surface area contributed by atoms with Crippen LogP contribution in [-0.2, 0) is 11.3 Å². The average molecular weight is 253 g/mol. The number of anilines is 1. The Morgan fingerprint density at radius 2 is 2.35 bits per heavy atom. The first kappa shape index (κ1) is 12.6. The Kier molecular flexibility index (Phi) is 4.62. The molecule has 1 aromatic rings. The van der Waals surface area contributed by atoms with Crippen LogP contribution >= 0.6 is 11.8 Å². The van der Waals surface area contributed by atoms with Gasteiger partial charge in [-0.1, -0.05) is 6.42 Å². The van der Waals surface area contributed by atoms with Crippen molar-refractivity contribution in [1.29, 1.82) is 0 Å². The summed E-state index contributed by atoms with van der Waals surface area (Å²) < 4.78 is 5.14. The van der Waals surface area contributed by atoms with Gasteiger partial charge >= 0.3 is 0 Å². The summed E-state index contributed by atoms with van der Waals surface area (Å²) in [7, 11) is 3.58. The molecule has 1 aliphatic rings. The molecule has 1 N–H and O–H groups in total. The largest absolute Gasteiger partial charge is 0.378 e. The Hall–Kier alpha value is -0.810. The van der Waals surface area contributed by atoms with Gasteiger partial charge in [0.1, 0.15) is 11.6 Å². The van der Waals surface area contributed by atoms with Gasteiger partial charge in [0.25, 0.3) is 0 Å². The van der Waals surface area contributed by atoms with Crippen LogP contribution in [0.3, 0.4) is 0 Å². The van der Waals surface area contributed by atoms with Gasteiger partial charge in [0.2, 0.25) is 0 Å². The van der Waals surface area contributed by atoms with E-state index < -0.39 is 0 Å². The van der Waals surface area contributed by atoms with Crippen molar-refractivity contribution in [3.05, 3.63) is 17.6 Å². The fourth-order valence-corrected chi connectivity index (χ4v) is 3.20. The summed E-state index contributed by atoms with van der Waals surface area (Å²) in [5.41, 5.74) is 0.952. The molecule has 17 heavy (non-hydrogen) atoms. The quantitative estimate of drug-likeness (QED) is 0.893. The second-order valence-corrected chi connectivity index (χ2v) is 5.45. The molecular weight excluding hydrogens is 234 g/mol. The van der Waals surface area contributed by atoms with E-state index >= 15 is 0 Å². The first-order valence-electron chi connectivity index (χ1n) is 5.99. The number of hydrogen-bond acceptors (Lipinski definition) is 5. The van der Waals surface area contributed by atoms with Crippen molar-refractivity contribution in [1.82, 2.24) is 9.97 Å². The van der Waals surface area contributed by atoms with Gasteiger partial charge in [-0.2, -0.15) is 11.8 Å². The minimum atomic E-state index is 0.452. The van der Waals surface area contributed by atoms with Crippen LogP contribution in [0.5, 0.6) is 0 Å². The standard InChI is InChI=1S/C12H19N3OS/c1-13-11-7-9(8-16-2)14-12(15-11)10-5-3-4-6-17-10/h7,10H,3-6,8H2,1-2H3,(H,13,14,15). The van der Waals surface area contributed by atoms with Crippen molar-refractivity contribution in [2.75, 3.05) is 25.2 Å². The van der Waals surface area contributed by atoms with Crippen LogP contribution in [0.25, 0.3) is 0 Å². The number of hydrogen-bond donors (Lipinski definition) is 1. The van der Waals surface area contributed by atoms with Crippen molar-refractivity contribution in [3.8, 4) is 0 Å². The van der Waals surface area contributed by atoms with Crippen LogP contribution in [0.15, 0.2) is 6.07 Å². The highest BCUT2D eigenvalue weighted by atomic mass is 32.2. The maximum absolute atomic E-state index is 5.14. The molecule has 1 fully saturated rings. The first-order valence-corrected chi connectivity index (χ1v) is 7.04. The highest BCUT2D eigenvalue weighted by molar-refractivity contribution is 7.99. The Morgan fingerprint density at radius 1 is 1.47 bits per heavy atom. The third kappa shape index (κ3) is 3.33. The SMILES string of the molecule is CNc1cc(COC)nc(C2CCCCS2)n1. The summed E-state index contributed by atoms with van der Waals surface area (Å²) >= 11 is 1.97. The number of nitrogens with zero attached hydrogens (tertiary/aromatic N) is 2. The van der Waals surface area contributed by atoms with Gasteiger partial charge < -0.3 is 10.1 Å². The molecule has 1 saturated heterocycles. The molecule has 1 atom stereocenters. The molecule has 0 aromatic carbocycles. The highest BCUT2D eigenvalue weighted by Gasteiger charge is 2.19. The Bertz CT molecular complexity index is 367. The minimum Gasteiger partial charge on any atom is -0.378 e. The van der Waals surface area contributed by atoms with Gasteiger partial charge in [-0.3, -0.25) is 0 Å². The van der Waals surface area contributed by atoms with E-state index in [1.165, 1.54) is 25.0 Å². The summed E-state index contributed by atoms with van der Waals surface area (Å²) in [4.78, 5) is 9.16. The molecule has 0 saturated carbocycles. The lowest BCUT2D eigenvalue weighted by atomic mass is 10.2. The molecule has 1 aromatic heterocycles. The van der Waals surface area contributed by atoms with E-state index in [0.29, 0.717) is 11.9 Å². The van der Waals surface area contributed by atoms with Gasteiger partial charge in [0.15, 0.2) is 0 Å². The molecule has 0 aliphatic carbocycles. The summed E-state index contributed by atoms with van der Waals surface area (Å²) in [6.45, 7) is 0.543. The van der Waals surface area contributed by atoms with Crippen LogP contribution in [0.2, 0.25) is 0 Å². The summed E-state index contributed by atoms with van der Waals surface area (Å²) in [6.07, 6.45) is 3.78. The smallest absolute Gasteiger partial charge is 0.144 e. The monoisotopic (exact) mass is 253 g/mol. The fourth-order valence-electron chi connectivity index (χ4n) is 1.96. The third-order valence-corrected chi connectivity index (χ3v) is 4.19. The van der Waals surface area contributed by atoms with Gasteiger partial charge in [0, 0.05) is 20.2 Å². The number of nitrogens with one attached hydrogen (secondary N) is 1. The summed E-state index contributed by atoms with van der Waals surface area (Å²) in [6, 6.07) is 1.94. The van der Waals surface area contributed by atoms with Crippen LogP contribution in [0, 0.1) is 0 Å². The van der Waals surface area contributed by atoms with Crippen LogP contribution in [0.4, 0.5) is 5.82 Å². The zero-order valence-corrected chi connectivity index (χ0v) is 11.2. The van der Waals surface area contributed by atoms with Gasteiger partial charge in [0.05, 0.1) is 17.6 Å². The summed E-state index contributed by atoms with van der Waals surface area (Å²) in [5.74, 6) is 3.05. The van der Waals surface area contributed by atoms with E-state index in [-0.39, 0.29) is 0 Å². The Morgan fingerprint density at radius 3 is 3.00 bits per heavy atom. The molecule has 1 unspecified atom stereocenters. The number of thioether (sulfide) groups is 1. The lowest BCUT2D eigenvalue weighted by Crippen LogP contribution is -2.10. The minimum absolute atomic E-state index is 0.452. The topological polar surface area (TPSA) is 47.0 Å². The van der Waals surface area contributed by atoms with Crippen molar-refractivity contribution in [3.63, 3.8) is 0 Å². The maximum atomic E-state index is 5.14. The van der Waals surface area contributed by atoms with Crippen molar-refractivity contribution in [2.45, 2.75) is 31.1 Å². The number of rotatable bonds is 4. The van der Waals surface area contributed by atoms with Gasteiger partial charge in [-0.05, 0) is 18.6 Å². The number of aromatic nitrogens is 2. The fraction of sp³-hybridized carbons (Fsp3) is 0.667. The van der Waals surface area contributed by atoms with Crippen LogP contribution < -0.4 is 5.32 Å². The van der Waals surface area contributed by atoms with Crippen LogP contribution in [0.1, 0.15) is 36.0 Å². The second kappa shape index (κ2) is 6.21. The molecule has 1 aliphatic heterocycles. The average Bonchev–Trinajstić information content (AvgIpc) is 2.40. The van der Waals surface area contributed by atoms with E-state index in [2.05, 4.69) is 15.3 Å². The van der Waals surface area contributed by atoms with Gasteiger partial charge in [-0.25, -0.2) is 9.97 Å². The predicted octanol–water partition coefficient (Wildman–Crippen LogP) is 2.62. The van der Waals surface area contributed by atoms with E-state index in [9.17, 15) is 0 Å². The highest BCUT2D eigenvalue weighted by Crippen LogP contribution is 2.36. The lowest BCUT2D eigenvalue weighted by molar-refractivity contribution is 0.181. The molecule has 94 valence electrons. The number of ether oxygens (including phenoxy) is 1. The lowest BCUT2D eigenvalue weighted by Gasteiger charge is -2.20. The van der Waals surface area contributed by atoms with Gasteiger partial charge in [-0.15, -0.1) is 0 Å². The Labute approximate surface area is 107 Å². The zero-order valence-electron chi connectivity index (χ0n) is 10.4. The van der Waals surface area contributed by atoms with E-state index in [1.54, 1.807) is 7.11 Å². The molecular formula is C12H19N3OS. The maximum Gasteiger partial charge on any atom is 0.144 e. The third-order valence-electron chi connectivity index (χ3n) is 2.81. The molecule has 0 amide bonds. The molecule has 2 rings (SSSR count). The van der Waals surface area contributed by atoms with E-state index in [1.807, 2.05) is 24.9 Å². The first-order chi connectivity index (χ1) is 8.33. The van der Waals surface area contributed by atoms with Crippen molar-refractivity contribution >= 4 is 17.6 Å². The second-order valence-electron chi connectivity index (χ2n) is 4.14. The predicted molar refractivity (Wildman–Crippen MR) is 71.3 cm³/mol. The molecule has 5 heteroatoms. The van der Waals surface area contributed by atoms with Crippen molar-refractivity contribution < 1.29 is 4.74 Å². The number of methoxy groups -OCH3 is 1. The molecule has 0 spiro atoms. The van der Waals surface area contributed by atoms with E-state index in [4.69, 9.17) is 4.74 Å².